The maximum absolute atomic E-state index is 5.70. The van der Waals surface area contributed by atoms with Gasteiger partial charge in [-0.15, -0.1) is 0 Å². The van der Waals surface area contributed by atoms with Crippen LogP contribution in [0.25, 0.3) is 0 Å². The van der Waals surface area contributed by atoms with Crippen LogP contribution < -0.4 is 10.1 Å². The van der Waals surface area contributed by atoms with Crippen molar-refractivity contribution in [3.8, 4) is 5.75 Å². The number of ether oxygens (including phenoxy) is 1. The highest BCUT2D eigenvalue weighted by Gasteiger charge is 2.23. The Kier molecular flexibility index (Phi) is 4.54. The van der Waals surface area contributed by atoms with Crippen LogP contribution in [0.1, 0.15) is 57.1 Å². The lowest BCUT2D eigenvalue weighted by Gasteiger charge is -2.25. The summed E-state index contributed by atoms with van der Waals surface area (Å²) in [6.07, 6.45) is 8.84. The van der Waals surface area contributed by atoms with Crippen molar-refractivity contribution in [1.82, 2.24) is 5.32 Å². The molecule has 0 spiro atoms. The van der Waals surface area contributed by atoms with Gasteiger partial charge < -0.3 is 10.1 Å². The Morgan fingerprint density at radius 1 is 1.24 bits per heavy atom. The molecule has 1 aromatic carbocycles. The highest BCUT2D eigenvalue weighted by molar-refractivity contribution is 5.38. The van der Waals surface area contributed by atoms with Crippen LogP contribution in [-0.2, 0) is 12.8 Å². The summed E-state index contributed by atoms with van der Waals surface area (Å²) in [5, 5.41) is 3.64. The molecule has 0 amide bonds. The molecule has 21 heavy (non-hydrogen) atoms. The van der Waals surface area contributed by atoms with Gasteiger partial charge in [0.1, 0.15) is 5.75 Å². The Bertz CT molecular complexity index is 476. The van der Waals surface area contributed by atoms with E-state index >= 15 is 0 Å². The standard InChI is InChI=1S/C19H29NO/c1-19(2,11-12-20-17-6-7-17)10-9-15-5-8-18-16(14-15)4-3-13-21-18/h5,8,14,17,20H,3-4,6-7,9-13H2,1-2H3. The number of hydrogen-bond donors (Lipinski definition) is 1. The summed E-state index contributed by atoms with van der Waals surface area (Å²) in [5.74, 6) is 1.11. The summed E-state index contributed by atoms with van der Waals surface area (Å²) in [4.78, 5) is 0. The highest BCUT2D eigenvalue weighted by Crippen LogP contribution is 2.30. The van der Waals surface area contributed by atoms with Crippen molar-refractivity contribution in [3.63, 3.8) is 0 Å². The number of rotatable bonds is 7. The zero-order valence-corrected chi connectivity index (χ0v) is 13.6. The monoisotopic (exact) mass is 287 g/mol. The number of hydrogen-bond acceptors (Lipinski definition) is 2. The fourth-order valence-electron chi connectivity index (χ4n) is 3.08. The summed E-state index contributed by atoms with van der Waals surface area (Å²) in [7, 11) is 0. The van der Waals surface area contributed by atoms with Crippen molar-refractivity contribution in [3.05, 3.63) is 29.3 Å². The van der Waals surface area contributed by atoms with Gasteiger partial charge in [0.2, 0.25) is 0 Å². The normalized spacial score (nSPS) is 18.2. The fourth-order valence-corrected chi connectivity index (χ4v) is 3.08. The second-order valence-corrected chi connectivity index (χ2v) is 7.54. The quantitative estimate of drug-likeness (QED) is 0.815. The van der Waals surface area contributed by atoms with Gasteiger partial charge >= 0.3 is 0 Å². The Labute approximate surface area is 129 Å². The molecule has 0 radical (unpaired) electrons. The van der Waals surface area contributed by atoms with Gasteiger partial charge in [0, 0.05) is 6.04 Å². The van der Waals surface area contributed by atoms with Crippen LogP contribution in [0.4, 0.5) is 0 Å². The van der Waals surface area contributed by atoms with E-state index in [4.69, 9.17) is 4.74 Å². The summed E-state index contributed by atoms with van der Waals surface area (Å²) >= 11 is 0. The van der Waals surface area contributed by atoms with E-state index in [0.717, 1.165) is 24.8 Å². The van der Waals surface area contributed by atoms with Crippen molar-refractivity contribution in [2.75, 3.05) is 13.2 Å². The van der Waals surface area contributed by atoms with Crippen LogP contribution >= 0.6 is 0 Å². The first kappa shape index (κ1) is 14.9. The molecule has 2 heteroatoms. The van der Waals surface area contributed by atoms with E-state index in [1.54, 1.807) is 0 Å². The van der Waals surface area contributed by atoms with E-state index in [-0.39, 0.29) is 0 Å². The summed E-state index contributed by atoms with van der Waals surface area (Å²) < 4.78 is 5.70. The molecule has 1 fully saturated rings. The minimum absolute atomic E-state index is 0.425. The van der Waals surface area contributed by atoms with E-state index in [0.29, 0.717) is 5.41 Å². The molecule has 0 atom stereocenters. The SMILES string of the molecule is CC(C)(CCNC1CC1)CCc1ccc2c(c1)CCCO2. The van der Waals surface area contributed by atoms with Gasteiger partial charge in [-0.05, 0) is 74.1 Å². The van der Waals surface area contributed by atoms with Gasteiger partial charge in [0.05, 0.1) is 6.61 Å². The molecule has 3 rings (SSSR count). The molecular weight excluding hydrogens is 258 g/mol. The lowest BCUT2D eigenvalue weighted by molar-refractivity contribution is 0.287. The molecule has 0 aromatic heterocycles. The number of nitrogens with one attached hydrogen (secondary N) is 1. The lowest BCUT2D eigenvalue weighted by atomic mass is 9.83. The molecule has 1 saturated carbocycles. The first-order valence-corrected chi connectivity index (χ1v) is 8.60. The van der Waals surface area contributed by atoms with Gasteiger partial charge in [-0.25, -0.2) is 0 Å². The summed E-state index contributed by atoms with van der Waals surface area (Å²) in [5.41, 5.74) is 3.31. The fraction of sp³-hybridized carbons (Fsp3) is 0.684. The third kappa shape index (κ3) is 4.47. The Morgan fingerprint density at radius 3 is 2.90 bits per heavy atom. The zero-order chi connectivity index (χ0) is 14.7. The van der Waals surface area contributed by atoms with Crippen LogP contribution in [0, 0.1) is 5.41 Å². The largest absolute Gasteiger partial charge is 0.493 e. The first-order valence-electron chi connectivity index (χ1n) is 8.60. The molecule has 116 valence electrons. The van der Waals surface area contributed by atoms with E-state index in [2.05, 4.69) is 37.4 Å². The van der Waals surface area contributed by atoms with Crippen LogP contribution in [0.2, 0.25) is 0 Å². The molecule has 1 aromatic rings. The molecular formula is C19H29NO. The van der Waals surface area contributed by atoms with Crippen molar-refractivity contribution < 1.29 is 4.74 Å². The third-order valence-corrected chi connectivity index (χ3v) is 4.88. The van der Waals surface area contributed by atoms with Gasteiger partial charge in [0.25, 0.3) is 0 Å². The summed E-state index contributed by atoms with van der Waals surface area (Å²) in [6, 6.07) is 7.63. The molecule has 0 bridgehead atoms. The number of aryl methyl sites for hydroxylation is 2. The van der Waals surface area contributed by atoms with Crippen molar-refractivity contribution in [2.24, 2.45) is 5.41 Å². The Morgan fingerprint density at radius 2 is 2.10 bits per heavy atom. The smallest absolute Gasteiger partial charge is 0.122 e. The van der Waals surface area contributed by atoms with Crippen LogP contribution in [0.5, 0.6) is 5.75 Å². The summed E-state index contributed by atoms with van der Waals surface area (Å²) in [6.45, 7) is 6.87. The maximum Gasteiger partial charge on any atom is 0.122 e. The predicted octanol–water partition coefficient (Wildman–Crippen LogP) is 4.11. The maximum atomic E-state index is 5.70. The molecule has 1 aliphatic carbocycles. The molecule has 1 N–H and O–H groups in total. The van der Waals surface area contributed by atoms with E-state index < -0.39 is 0 Å². The molecule has 0 unspecified atom stereocenters. The predicted molar refractivity (Wildman–Crippen MR) is 88.0 cm³/mol. The van der Waals surface area contributed by atoms with Crippen LogP contribution in [0.15, 0.2) is 18.2 Å². The second kappa shape index (κ2) is 6.39. The van der Waals surface area contributed by atoms with Crippen molar-refractivity contribution in [2.45, 2.75) is 64.8 Å². The van der Waals surface area contributed by atoms with Gasteiger partial charge in [-0.2, -0.15) is 0 Å². The number of benzene rings is 1. The number of fused-ring (bicyclic) bond motifs is 1. The molecule has 1 aliphatic heterocycles. The lowest BCUT2D eigenvalue weighted by Crippen LogP contribution is -2.24. The Balaban J connectivity index is 1.48. The van der Waals surface area contributed by atoms with E-state index in [1.807, 2.05) is 0 Å². The zero-order valence-electron chi connectivity index (χ0n) is 13.6. The third-order valence-electron chi connectivity index (χ3n) is 4.88. The minimum atomic E-state index is 0.425. The highest BCUT2D eigenvalue weighted by atomic mass is 16.5. The molecule has 1 heterocycles. The van der Waals surface area contributed by atoms with Crippen molar-refractivity contribution in [1.29, 1.82) is 0 Å². The second-order valence-electron chi connectivity index (χ2n) is 7.54. The van der Waals surface area contributed by atoms with E-state index in [1.165, 1.54) is 56.2 Å². The Hall–Kier alpha value is -1.02. The van der Waals surface area contributed by atoms with Gasteiger partial charge in [-0.3, -0.25) is 0 Å². The van der Waals surface area contributed by atoms with Crippen LogP contribution in [0.3, 0.4) is 0 Å². The van der Waals surface area contributed by atoms with Crippen LogP contribution in [-0.4, -0.2) is 19.2 Å². The van der Waals surface area contributed by atoms with Gasteiger partial charge in [-0.1, -0.05) is 26.0 Å². The van der Waals surface area contributed by atoms with Gasteiger partial charge in [0.15, 0.2) is 0 Å². The average molecular weight is 287 g/mol. The average Bonchev–Trinajstić information content (AvgIpc) is 3.29. The topological polar surface area (TPSA) is 21.3 Å². The molecule has 2 aliphatic rings. The first-order chi connectivity index (χ1) is 10.1. The molecule has 0 saturated heterocycles. The van der Waals surface area contributed by atoms with E-state index in [9.17, 15) is 0 Å². The molecule has 2 nitrogen and oxygen atoms in total. The van der Waals surface area contributed by atoms with Crippen molar-refractivity contribution >= 4 is 0 Å². The minimum Gasteiger partial charge on any atom is -0.493 e.